The molecule has 0 aromatic carbocycles. The Morgan fingerprint density at radius 1 is 1.21 bits per heavy atom. The van der Waals surface area contributed by atoms with Gasteiger partial charge in [-0.3, -0.25) is 4.90 Å². The first-order chi connectivity index (χ1) is 9.30. The van der Waals surface area contributed by atoms with E-state index in [0.717, 1.165) is 17.8 Å². The molecule has 3 aliphatic rings. The summed E-state index contributed by atoms with van der Waals surface area (Å²) in [6.07, 6.45) is 15.0. The minimum atomic E-state index is 0.628. The number of likely N-dealkylation sites (tertiary alicyclic amines) is 1. The van der Waals surface area contributed by atoms with Gasteiger partial charge in [0.2, 0.25) is 0 Å². The second-order valence-electron chi connectivity index (χ2n) is 7.31. The number of nitrogens with zero attached hydrogens (tertiary/aromatic N) is 1. The second kappa shape index (κ2) is 5.60. The van der Waals surface area contributed by atoms with E-state index in [-0.39, 0.29) is 0 Å². The summed E-state index contributed by atoms with van der Waals surface area (Å²) in [4.78, 5) is 2.94. The quantitative estimate of drug-likeness (QED) is 0.604. The lowest BCUT2D eigenvalue weighted by atomic mass is 9.86. The molecule has 3 rings (SSSR count). The van der Waals surface area contributed by atoms with Gasteiger partial charge in [-0.15, -0.1) is 6.58 Å². The predicted molar refractivity (Wildman–Crippen MR) is 82.2 cm³/mol. The van der Waals surface area contributed by atoms with E-state index < -0.39 is 0 Å². The van der Waals surface area contributed by atoms with Gasteiger partial charge in [-0.25, -0.2) is 0 Å². The third-order valence-corrected chi connectivity index (χ3v) is 6.23. The van der Waals surface area contributed by atoms with Crippen LogP contribution in [-0.4, -0.2) is 23.5 Å². The topological polar surface area (TPSA) is 3.24 Å². The van der Waals surface area contributed by atoms with Gasteiger partial charge >= 0.3 is 0 Å². The second-order valence-corrected chi connectivity index (χ2v) is 7.31. The van der Waals surface area contributed by atoms with Crippen LogP contribution in [0.2, 0.25) is 0 Å². The van der Waals surface area contributed by atoms with Crippen molar-refractivity contribution in [3.8, 4) is 0 Å². The van der Waals surface area contributed by atoms with Crippen molar-refractivity contribution in [2.45, 2.75) is 70.3 Å². The van der Waals surface area contributed by atoms with Crippen LogP contribution >= 0.6 is 0 Å². The van der Waals surface area contributed by atoms with Crippen molar-refractivity contribution in [2.75, 3.05) is 13.1 Å². The summed E-state index contributed by atoms with van der Waals surface area (Å²) in [6, 6.07) is 0. The maximum atomic E-state index is 3.93. The van der Waals surface area contributed by atoms with E-state index in [1.54, 1.807) is 0 Å². The Morgan fingerprint density at radius 3 is 2.42 bits per heavy atom. The molecule has 108 valence electrons. The SMILES string of the molecule is C=CCCC(CCC)C1(N2CC3CCCC3C2)CC1. The summed E-state index contributed by atoms with van der Waals surface area (Å²) in [5, 5.41) is 0. The zero-order chi connectivity index (χ0) is 13.3. The third kappa shape index (κ3) is 2.51. The van der Waals surface area contributed by atoms with Crippen LogP contribution < -0.4 is 0 Å². The van der Waals surface area contributed by atoms with Gasteiger partial charge in [0, 0.05) is 18.6 Å². The first kappa shape index (κ1) is 13.7. The molecule has 1 saturated heterocycles. The first-order valence-corrected chi connectivity index (χ1v) is 8.66. The van der Waals surface area contributed by atoms with Gasteiger partial charge in [0.05, 0.1) is 0 Å². The normalized spacial score (nSPS) is 34.2. The molecule has 1 nitrogen and oxygen atoms in total. The van der Waals surface area contributed by atoms with Crippen molar-refractivity contribution in [2.24, 2.45) is 17.8 Å². The summed E-state index contributed by atoms with van der Waals surface area (Å²) in [6.45, 7) is 9.14. The average Bonchev–Trinajstić information content (AvgIpc) is 2.91. The van der Waals surface area contributed by atoms with Gasteiger partial charge in [0.25, 0.3) is 0 Å². The number of hydrogen-bond donors (Lipinski definition) is 0. The molecule has 1 heteroatoms. The molecule has 0 aromatic rings. The van der Waals surface area contributed by atoms with Gasteiger partial charge in [-0.05, 0) is 62.7 Å². The standard InChI is InChI=1S/C18H31N/c1-3-5-10-17(7-4-2)18(11-12-18)19-13-15-8-6-9-16(15)14-19/h3,15-17H,1,4-14H2,2H3. The fourth-order valence-electron chi connectivity index (χ4n) is 5.06. The Labute approximate surface area is 119 Å². The molecule has 0 aromatic heterocycles. The minimum absolute atomic E-state index is 0.628. The molecule has 2 aliphatic carbocycles. The predicted octanol–water partition coefficient (Wildman–Crippen LogP) is 4.63. The number of rotatable bonds is 7. The molecule has 1 aliphatic heterocycles. The average molecular weight is 261 g/mol. The Balaban J connectivity index is 1.65. The van der Waals surface area contributed by atoms with E-state index in [2.05, 4.69) is 24.5 Å². The van der Waals surface area contributed by atoms with Crippen LogP contribution in [0.3, 0.4) is 0 Å². The van der Waals surface area contributed by atoms with E-state index >= 15 is 0 Å². The number of hydrogen-bond acceptors (Lipinski definition) is 1. The van der Waals surface area contributed by atoms with Gasteiger partial charge in [-0.1, -0.05) is 25.8 Å². The lowest BCUT2D eigenvalue weighted by Crippen LogP contribution is -2.42. The van der Waals surface area contributed by atoms with E-state index in [4.69, 9.17) is 0 Å². The summed E-state index contributed by atoms with van der Waals surface area (Å²) in [5.74, 6) is 3.05. The fourth-order valence-corrected chi connectivity index (χ4v) is 5.06. The smallest absolute Gasteiger partial charge is 0.0239 e. The molecule has 1 heterocycles. The molecule has 0 bridgehead atoms. The molecular formula is C18H31N. The Morgan fingerprint density at radius 2 is 1.89 bits per heavy atom. The molecule has 3 unspecified atom stereocenters. The summed E-state index contributed by atoms with van der Waals surface area (Å²) in [7, 11) is 0. The minimum Gasteiger partial charge on any atom is -0.297 e. The lowest BCUT2D eigenvalue weighted by Gasteiger charge is -2.36. The number of allylic oxidation sites excluding steroid dienone is 1. The van der Waals surface area contributed by atoms with Crippen LogP contribution in [0, 0.1) is 17.8 Å². The van der Waals surface area contributed by atoms with Gasteiger partial charge in [0.1, 0.15) is 0 Å². The van der Waals surface area contributed by atoms with Crippen LogP contribution in [0.15, 0.2) is 12.7 Å². The molecule has 3 atom stereocenters. The van der Waals surface area contributed by atoms with Crippen LogP contribution in [0.25, 0.3) is 0 Å². The Kier molecular flexibility index (Phi) is 4.03. The molecule has 19 heavy (non-hydrogen) atoms. The van der Waals surface area contributed by atoms with Crippen molar-refractivity contribution in [1.29, 1.82) is 0 Å². The van der Waals surface area contributed by atoms with Crippen molar-refractivity contribution in [3.63, 3.8) is 0 Å². The highest BCUT2D eigenvalue weighted by molar-refractivity contribution is 5.11. The largest absolute Gasteiger partial charge is 0.297 e. The van der Waals surface area contributed by atoms with Crippen molar-refractivity contribution >= 4 is 0 Å². The molecular weight excluding hydrogens is 230 g/mol. The van der Waals surface area contributed by atoms with Crippen molar-refractivity contribution < 1.29 is 0 Å². The first-order valence-electron chi connectivity index (χ1n) is 8.66. The Bertz CT molecular complexity index is 306. The molecule has 3 fully saturated rings. The summed E-state index contributed by atoms with van der Waals surface area (Å²) >= 11 is 0. The van der Waals surface area contributed by atoms with Gasteiger partial charge in [0.15, 0.2) is 0 Å². The van der Waals surface area contributed by atoms with Crippen LogP contribution in [0.4, 0.5) is 0 Å². The van der Waals surface area contributed by atoms with Crippen LogP contribution in [0.5, 0.6) is 0 Å². The van der Waals surface area contributed by atoms with Crippen LogP contribution in [-0.2, 0) is 0 Å². The van der Waals surface area contributed by atoms with Crippen LogP contribution in [0.1, 0.15) is 64.7 Å². The summed E-state index contributed by atoms with van der Waals surface area (Å²) in [5.41, 5.74) is 0.628. The van der Waals surface area contributed by atoms with E-state index in [1.165, 1.54) is 70.9 Å². The van der Waals surface area contributed by atoms with Gasteiger partial charge in [-0.2, -0.15) is 0 Å². The van der Waals surface area contributed by atoms with Gasteiger partial charge < -0.3 is 0 Å². The van der Waals surface area contributed by atoms with E-state index in [0.29, 0.717) is 5.54 Å². The molecule has 0 spiro atoms. The zero-order valence-electron chi connectivity index (χ0n) is 12.7. The monoisotopic (exact) mass is 261 g/mol. The number of fused-ring (bicyclic) bond motifs is 1. The van der Waals surface area contributed by atoms with Crippen molar-refractivity contribution in [3.05, 3.63) is 12.7 Å². The summed E-state index contributed by atoms with van der Waals surface area (Å²) < 4.78 is 0. The molecule has 0 radical (unpaired) electrons. The maximum Gasteiger partial charge on any atom is 0.0239 e. The highest BCUT2D eigenvalue weighted by Gasteiger charge is 2.55. The Hall–Kier alpha value is -0.300. The zero-order valence-corrected chi connectivity index (χ0v) is 12.7. The highest BCUT2D eigenvalue weighted by atomic mass is 15.3. The van der Waals surface area contributed by atoms with Crippen molar-refractivity contribution in [1.82, 2.24) is 4.90 Å². The fraction of sp³-hybridized carbons (Fsp3) is 0.889. The third-order valence-electron chi connectivity index (χ3n) is 6.23. The highest BCUT2D eigenvalue weighted by Crippen LogP contribution is 2.54. The lowest BCUT2D eigenvalue weighted by molar-refractivity contribution is 0.126. The van der Waals surface area contributed by atoms with E-state index in [9.17, 15) is 0 Å². The molecule has 0 N–H and O–H groups in total. The molecule has 0 amide bonds. The molecule has 2 saturated carbocycles. The van der Waals surface area contributed by atoms with E-state index in [1.807, 2.05) is 0 Å². The maximum absolute atomic E-state index is 3.93.